The van der Waals surface area contributed by atoms with Gasteiger partial charge in [0.15, 0.2) is 0 Å². The Labute approximate surface area is 155 Å². The number of rotatable bonds is 11. The SMILES string of the molecule is CCCCC(=O)N(CCCOC)Cc1cccn1Cc1ccc(F)cc1. The molecule has 0 unspecified atom stereocenters. The lowest BCUT2D eigenvalue weighted by Gasteiger charge is -2.24. The summed E-state index contributed by atoms with van der Waals surface area (Å²) < 4.78 is 20.3. The Morgan fingerprint density at radius 2 is 1.96 bits per heavy atom. The van der Waals surface area contributed by atoms with Crippen molar-refractivity contribution in [2.75, 3.05) is 20.3 Å². The Hall–Kier alpha value is -2.14. The van der Waals surface area contributed by atoms with Gasteiger partial charge >= 0.3 is 0 Å². The van der Waals surface area contributed by atoms with Crippen LogP contribution in [-0.2, 0) is 22.6 Å². The fraction of sp³-hybridized carbons (Fsp3) is 0.476. The summed E-state index contributed by atoms with van der Waals surface area (Å²) in [5.74, 6) is -0.0372. The topological polar surface area (TPSA) is 34.5 Å². The molecular weight excluding hydrogens is 331 g/mol. The third-order valence-corrected chi connectivity index (χ3v) is 4.42. The molecule has 0 fully saturated rings. The lowest BCUT2D eigenvalue weighted by Crippen LogP contribution is -2.32. The molecule has 0 spiro atoms. The third kappa shape index (κ3) is 6.30. The Bertz CT molecular complexity index is 667. The minimum absolute atomic E-state index is 0.192. The van der Waals surface area contributed by atoms with Gasteiger partial charge in [-0.3, -0.25) is 4.79 Å². The number of ether oxygens (including phenoxy) is 1. The fourth-order valence-corrected chi connectivity index (χ4v) is 2.91. The van der Waals surface area contributed by atoms with Gasteiger partial charge in [0, 0.05) is 45.1 Å². The zero-order chi connectivity index (χ0) is 18.8. The summed E-state index contributed by atoms with van der Waals surface area (Å²) in [5.41, 5.74) is 2.11. The molecule has 26 heavy (non-hydrogen) atoms. The lowest BCUT2D eigenvalue weighted by molar-refractivity contribution is -0.132. The molecule has 0 N–H and O–H groups in total. The molecule has 2 rings (SSSR count). The van der Waals surface area contributed by atoms with Gasteiger partial charge in [0.1, 0.15) is 5.82 Å². The number of benzene rings is 1. The van der Waals surface area contributed by atoms with Gasteiger partial charge in [-0.25, -0.2) is 4.39 Å². The van der Waals surface area contributed by atoms with Crippen LogP contribution in [0.3, 0.4) is 0 Å². The maximum absolute atomic E-state index is 13.1. The smallest absolute Gasteiger partial charge is 0.222 e. The normalized spacial score (nSPS) is 10.9. The van der Waals surface area contributed by atoms with Gasteiger partial charge in [-0.15, -0.1) is 0 Å². The van der Waals surface area contributed by atoms with Crippen LogP contribution >= 0.6 is 0 Å². The largest absolute Gasteiger partial charge is 0.385 e. The summed E-state index contributed by atoms with van der Waals surface area (Å²) in [6.45, 7) is 4.68. The second-order valence-electron chi connectivity index (χ2n) is 6.52. The van der Waals surface area contributed by atoms with E-state index in [2.05, 4.69) is 11.5 Å². The van der Waals surface area contributed by atoms with Crippen molar-refractivity contribution in [1.29, 1.82) is 0 Å². The number of carbonyl (C=O) groups is 1. The molecule has 2 aromatic rings. The van der Waals surface area contributed by atoms with Crippen molar-refractivity contribution in [2.24, 2.45) is 0 Å². The first-order valence-corrected chi connectivity index (χ1v) is 9.29. The predicted molar refractivity (Wildman–Crippen MR) is 101 cm³/mol. The number of hydrogen-bond acceptors (Lipinski definition) is 2. The van der Waals surface area contributed by atoms with E-state index >= 15 is 0 Å². The molecule has 5 heteroatoms. The second kappa shape index (κ2) is 10.8. The van der Waals surface area contributed by atoms with E-state index in [1.807, 2.05) is 23.2 Å². The Kier molecular flexibility index (Phi) is 8.35. The molecule has 0 aliphatic heterocycles. The van der Waals surface area contributed by atoms with Gasteiger partial charge in [0.25, 0.3) is 0 Å². The van der Waals surface area contributed by atoms with Crippen LogP contribution in [0, 0.1) is 5.82 Å². The molecule has 0 saturated carbocycles. The van der Waals surface area contributed by atoms with Crippen molar-refractivity contribution >= 4 is 5.91 Å². The third-order valence-electron chi connectivity index (χ3n) is 4.42. The minimum atomic E-state index is -0.229. The zero-order valence-electron chi connectivity index (χ0n) is 15.8. The molecule has 0 aliphatic rings. The van der Waals surface area contributed by atoms with Crippen LogP contribution in [0.1, 0.15) is 43.9 Å². The van der Waals surface area contributed by atoms with Crippen molar-refractivity contribution in [3.05, 3.63) is 59.7 Å². The lowest BCUT2D eigenvalue weighted by atomic mass is 10.2. The maximum atomic E-state index is 13.1. The Balaban J connectivity index is 2.05. The summed E-state index contributed by atoms with van der Waals surface area (Å²) in [4.78, 5) is 14.5. The van der Waals surface area contributed by atoms with E-state index in [-0.39, 0.29) is 11.7 Å². The fourth-order valence-electron chi connectivity index (χ4n) is 2.91. The summed E-state index contributed by atoms with van der Waals surface area (Å²) in [6.07, 6.45) is 5.34. The van der Waals surface area contributed by atoms with Gasteiger partial charge < -0.3 is 14.2 Å². The van der Waals surface area contributed by atoms with Crippen LogP contribution in [0.25, 0.3) is 0 Å². The van der Waals surface area contributed by atoms with Crippen LogP contribution in [0.15, 0.2) is 42.6 Å². The zero-order valence-corrected chi connectivity index (χ0v) is 15.8. The number of halogens is 1. The monoisotopic (exact) mass is 360 g/mol. The maximum Gasteiger partial charge on any atom is 0.222 e. The minimum Gasteiger partial charge on any atom is -0.385 e. The molecule has 1 amide bonds. The summed E-state index contributed by atoms with van der Waals surface area (Å²) in [5, 5.41) is 0. The van der Waals surface area contributed by atoms with Crippen LogP contribution in [0.5, 0.6) is 0 Å². The molecule has 0 radical (unpaired) electrons. The highest BCUT2D eigenvalue weighted by Gasteiger charge is 2.15. The van der Waals surface area contributed by atoms with Gasteiger partial charge in [-0.05, 0) is 42.7 Å². The van der Waals surface area contributed by atoms with Crippen LogP contribution in [0.4, 0.5) is 4.39 Å². The molecule has 1 heterocycles. The molecule has 4 nitrogen and oxygen atoms in total. The number of amides is 1. The molecule has 0 saturated heterocycles. The molecule has 0 aliphatic carbocycles. The quantitative estimate of drug-likeness (QED) is 0.562. The highest BCUT2D eigenvalue weighted by atomic mass is 19.1. The van der Waals surface area contributed by atoms with Crippen LogP contribution in [0.2, 0.25) is 0 Å². The van der Waals surface area contributed by atoms with E-state index in [1.165, 1.54) is 12.1 Å². The number of nitrogens with zero attached hydrogens (tertiary/aromatic N) is 2. The van der Waals surface area contributed by atoms with E-state index in [9.17, 15) is 9.18 Å². The predicted octanol–water partition coefficient (Wildman–Crippen LogP) is 4.23. The van der Waals surface area contributed by atoms with E-state index in [0.29, 0.717) is 32.7 Å². The van der Waals surface area contributed by atoms with E-state index in [1.54, 1.807) is 19.2 Å². The van der Waals surface area contributed by atoms with Gasteiger partial charge in [0.05, 0.1) is 6.54 Å². The highest BCUT2D eigenvalue weighted by Crippen LogP contribution is 2.13. The van der Waals surface area contributed by atoms with Crippen molar-refractivity contribution in [3.63, 3.8) is 0 Å². The van der Waals surface area contributed by atoms with E-state index < -0.39 is 0 Å². The first-order chi connectivity index (χ1) is 12.6. The Morgan fingerprint density at radius 3 is 2.65 bits per heavy atom. The molecular formula is C21H29FN2O2. The second-order valence-corrected chi connectivity index (χ2v) is 6.52. The molecule has 1 aromatic carbocycles. The molecule has 0 bridgehead atoms. The number of aromatic nitrogens is 1. The van der Waals surface area contributed by atoms with Gasteiger partial charge in [-0.1, -0.05) is 25.5 Å². The number of unbranched alkanes of at least 4 members (excludes halogenated alkanes) is 1. The number of methoxy groups -OCH3 is 1. The molecule has 0 atom stereocenters. The van der Waals surface area contributed by atoms with Crippen LogP contribution < -0.4 is 0 Å². The average molecular weight is 360 g/mol. The van der Waals surface area contributed by atoms with Gasteiger partial charge in [-0.2, -0.15) is 0 Å². The van der Waals surface area contributed by atoms with Crippen molar-refractivity contribution < 1.29 is 13.9 Å². The number of hydrogen-bond donors (Lipinski definition) is 0. The molecule has 1 aromatic heterocycles. The number of carbonyl (C=O) groups excluding carboxylic acids is 1. The van der Waals surface area contributed by atoms with Gasteiger partial charge in [0.2, 0.25) is 5.91 Å². The summed E-state index contributed by atoms with van der Waals surface area (Å²) in [7, 11) is 1.68. The Morgan fingerprint density at radius 1 is 1.19 bits per heavy atom. The standard InChI is InChI=1S/C21H29FN2O2/c1-3-4-8-21(25)24(14-6-15-26-2)17-20-7-5-13-23(20)16-18-9-11-19(22)12-10-18/h5,7,9-13H,3-4,6,8,14-17H2,1-2H3. The first kappa shape index (κ1) is 20.2. The summed E-state index contributed by atoms with van der Waals surface area (Å²) >= 11 is 0. The van der Waals surface area contributed by atoms with Crippen molar-refractivity contribution in [3.8, 4) is 0 Å². The van der Waals surface area contributed by atoms with Crippen molar-refractivity contribution in [2.45, 2.75) is 45.7 Å². The highest BCUT2D eigenvalue weighted by molar-refractivity contribution is 5.76. The van der Waals surface area contributed by atoms with Crippen LogP contribution in [-0.4, -0.2) is 35.6 Å². The average Bonchev–Trinajstić information content (AvgIpc) is 3.07. The van der Waals surface area contributed by atoms with E-state index in [4.69, 9.17) is 4.74 Å². The summed E-state index contributed by atoms with van der Waals surface area (Å²) in [6, 6.07) is 10.6. The molecule has 142 valence electrons. The van der Waals surface area contributed by atoms with E-state index in [0.717, 1.165) is 30.5 Å². The first-order valence-electron chi connectivity index (χ1n) is 9.29. The van der Waals surface area contributed by atoms with Crippen molar-refractivity contribution in [1.82, 2.24) is 9.47 Å².